The Morgan fingerprint density at radius 3 is 2.78 bits per heavy atom. The maximum Gasteiger partial charge on any atom is 0.322 e. The van der Waals surface area contributed by atoms with Crippen LogP contribution < -0.4 is 10.1 Å². The normalized spacial score (nSPS) is 18.1. The molecule has 2 rings (SSSR count). The van der Waals surface area contributed by atoms with Crippen LogP contribution in [0.4, 0.5) is 0 Å². The number of nitrogens with zero attached hydrogens (tertiary/aromatic N) is 1. The van der Waals surface area contributed by atoms with Crippen molar-refractivity contribution in [3.8, 4) is 5.75 Å². The predicted molar refractivity (Wildman–Crippen MR) is 71.1 cm³/mol. The topological polar surface area (TPSA) is 64.4 Å². The first kappa shape index (κ1) is 12.8. The van der Waals surface area contributed by atoms with Crippen LogP contribution in [0.1, 0.15) is 16.4 Å². The molecule has 1 aromatic carbocycles. The highest BCUT2D eigenvalue weighted by Gasteiger charge is 2.37. The van der Waals surface area contributed by atoms with Gasteiger partial charge in [-0.3, -0.25) is 10.1 Å². The molecule has 5 nitrogen and oxygen atoms in total. The van der Waals surface area contributed by atoms with E-state index in [0.29, 0.717) is 5.75 Å². The summed E-state index contributed by atoms with van der Waals surface area (Å²) in [7, 11) is 1.62. The van der Waals surface area contributed by atoms with Gasteiger partial charge in [-0.1, -0.05) is 17.7 Å². The molecule has 6 heteroatoms. The van der Waals surface area contributed by atoms with Gasteiger partial charge in [-0.05, 0) is 19.2 Å². The van der Waals surface area contributed by atoms with E-state index in [9.17, 15) is 10.1 Å². The van der Waals surface area contributed by atoms with Crippen LogP contribution in [0.25, 0.3) is 0 Å². The first-order chi connectivity index (χ1) is 8.58. The second-order valence-corrected chi connectivity index (χ2v) is 4.92. The van der Waals surface area contributed by atoms with E-state index in [1.807, 2.05) is 31.4 Å². The molecule has 1 atom stereocenters. The zero-order valence-corrected chi connectivity index (χ0v) is 11.2. The van der Waals surface area contributed by atoms with Gasteiger partial charge in [0.1, 0.15) is 11.0 Å². The summed E-state index contributed by atoms with van der Waals surface area (Å²) < 4.78 is 5.56. The summed E-state index contributed by atoms with van der Waals surface area (Å²) in [5.41, 5.74) is 1.99. The molecule has 0 spiro atoms. The lowest BCUT2D eigenvalue weighted by Crippen LogP contribution is -2.26. The fraction of sp³-hybridized carbons (Fsp3) is 0.333. The second-order valence-electron chi connectivity index (χ2n) is 3.98. The molecule has 0 unspecified atom stereocenters. The molecule has 0 fully saturated rings. The van der Waals surface area contributed by atoms with Crippen LogP contribution in [0.2, 0.25) is 0 Å². The first-order valence-corrected chi connectivity index (χ1v) is 6.74. The quantitative estimate of drug-likeness (QED) is 0.672. The van der Waals surface area contributed by atoms with Crippen molar-refractivity contribution >= 4 is 11.8 Å². The van der Waals surface area contributed by atoms with Crippen LogP contribution in [-0.4, -0.2) is 18.2 Å². The van der Waals surface area contributed by atoms with Crippen LogP contribution in [-0.2, 0) is 0 Å². The summed E-state index contributed by atoms with van der Waals surface area (Å²) in [6, 6.07) is 5.72. The maximum atomic E-state index is 11.2. The third kappa shape index (κ3) is 2.03. The smallest absolute Gasteiger partial charge is 0.322 e. The number of aryl methyl sites for hydroxylation is 1. The predicted octanol–water partition coefficient (Wildman–Crippen LogP) is 2.46. The number of rotatable bonds is 3. The number of nitrogens with one attached hydrogen (secondary N) is 1. The number of ether oxygens (including phenoxy) is 1. The van der Waals surface area contributed by atoms with Gasteiger partial charge in [0.25, 0.3) is 5.88 Å². The van der Waals surface area contributed by atoms with Gasteiger partial charge in [0.2, 0.25) is 0 Å². The Balaban J connectivity index is 2.59. The van der Waals surface area contributed by atoms with Crippen LogP contribution in [0.15, 0.2) is 29.8 Å². The fourth-order valence-electron chi connectivity index (χ4n) is 1.99. The highest BCUT2D eigenvalue weighted by Crippen LogP contribution is 2.44. The van der Waals surface area contributed by atoms with Gasteiger partial charge in [-0.15, -0.1) is 11.8 Å². The molecular formula is C12H14N2O3S. The van der Waals surface area contributed by atoms with Crippen molar-refractivity contribution in [3.05, 3.63) is 51.0 Å². The van der Waals surface area contributed by atoms with E-state index in [0.717, 1.165) is 11.1 Å². The zero-order chi connectivity index (χ0) is 13.3. The molecule has 1 aliphatic heterocycles. The number of nitro groups is 1. The Hall–Kier alpha value is -1.69. The van der Waals surface area contributed by atoms with Crippen molar-refractivity contribution in [1.82, 2.24) is 5.32 Å². The van der Waals surface area contributed by atoms with Crippen molar-refractivity contribution in [1.29, 1.82) is 0 Å². The molecule has 1 aliphatic rings. The molecule has 0 saturated heterocycles. The van der Waals surface area contributed by atoms with E-state index in [1.165, 1.54) is 11.8 Å². The van der Waals surface area contributed by atoms with E-state index in [2.05, 4.69) is 5.32 Å². The minimum Gasteiger partial charge on any atom is -0.435 e. The molecule has 0 aliphatic carbocycles. The van der Waals surface area contributed by atoms with Gasteiger partial charge >= 0.3 is 5.70 Å². The van der Waals surface area contributed by atoms with E-state index >= 15 is 0 Å². The summed E-state index contributed by atoms with van der Waals surface area (Å²) >= 11 is 1.43. The minimum absolute atomic E-state index is 0.0723. The third-order valence-electron chi connectivity index (χ3n) is 2.80. The number of thioether (sulfide) groups is 1. The molecular weight excluding hydrogens is 252 g/mol. The Kier molecular flexibility index (Phi) is 3.47. The van der Waals surface area contributed by atoms with Crippen LogP contribution in [0, 0.1) is 17.0 Å². The second kappa shape index (κ2) is 4.89. The Morgan fingerprint density at radius 2 is 2.22 bits per heavy atom. The number of hydrogen-bond acceptors (Lipinski definition) is 5. The average Bonchev–Trinajstić information content (AvgIpc) is 2.36. The Bertz CT molecular complexity index is 528. The van der Waals surface area contributed by atoms with E-state index in [-0.39, 0.29) is 21.8 Å². The molecule has 0 bridgehead atoms. The minimum atomic E-state index is -0.377. The van der Waals surface area contributed by atoms with Crippen molar-refractivity contribution < 1.29 is 9.66 Å². The SMILES string of the molecule is CNC1=C([N+](=O)[O-])[C@@H](SC)c2cc(C)ccc2O1. The number of benzene rings is 1. The fourth-order valence-corrected chi connectivity index (χ4v) is 2.85. The standard InChI is InChI=1S/C12H14N2O3S/c1-7-4-5-9-8(6-7)11(18-3)10(14(15)16)12(13-2)17-9/h4-6,11,13H,1-3H3/t11-/m0/s1. The molecule has 1 N–H and O–H groups in total. The molecule has 1 heterocycles. The van der Waals surface area contributed by atoms with Gasteiger partial charge in [0.15, 0.2) is 0 Å². The number of hydrogen-bond donors (Lipinski definition) is 1. The third-order valence-corrected chi connectivity index (χ3v) is 3.75. The molecule has 0 aromatic heterocycles. The Labute approximate surface area is 109 Å². The monoisotopic (exact) mass is 266 g/mol. The molecule has 0 saturated carbocycles. The summed E-state index contributed by atoms with van der Waals surface area (Å²) in [6.07, 6.45) is 1.86. The Morgan fingerprint density at radius 1 is 1.50 bits per heavy atom. The first-order valence-electron chi connectivity index (χ1n) is 5.46. The highest BCUT2D eigenvalue weighted by atomic mass is 32.2. The van der Waals surface area contributed by atoms with Gasteiger partial charge < -0.3 is 10.1 Å². The van der Waals surface area contributed by atoms with Crippen molar-refractivity contribution in [2.24, 2.45) is 0 Å². The summed E-state index contributed by atoms with van der Waals surface area (Å²) in [5.74, 6) is 0.894. The summed E-state index contributed by atoms with van der Waals surface area (Å²) in [6.45, 7) is 1.96. The lowest BCUT2D eigenvalue weighted by Gasteiger charge is -2.24. The molecule has 96 valence electrons. The van der Waals surface area contributed by atoms with E-state index in [4.69, 9.17) is 4.74 Å². The van der Waals surface area contributed by atoms with Crippen molar-refractivity contribution in [2.75, 3.05) is 13.3 Å². The van der Waals surface area contributed by atoms with Crippen LogP contribution >= 0.6 is 11.8 Å². The van der Waals surface area contributed by atoms with Gasteiger partial charge in [-0.25, -0.2) is 0 Å². The van der Waals surface area contributed by atoms with Gasteiger partial charge in [-0.2, -0.15) is 0 Å². The van der Waals surface area contributed by atoms with Crippen molar-refractivity contribution in [2.45, 2.75) is 12.2 Å². The summed E-state index contributed by atoms with van der Waals surface area (Å²) in [5, 5.41) is 13.6. The van der Waals surface area contributed by atoms with Gasteiger partial charge in [0, 0.05) is 12.6 Å². The van der Waals surface area contributed by atoms with Crippen LogP contribution in [0.3, 0.4) is 0 Å². The maximum absolute atomic E-state index is 11.2. The van der Waals surface area contributed by atoms with Crippen LogP contribution in [0.5, 0.6) is 5.75 Å². The molecule has 0 radical (unpaired) electrons. The van der Waals surface area contributed by atoms with Crippen molar-refractivity contribution in [3.63, 3.8) is 0 Å². The average molecular weight is 266 g/mol. The molecule has 0 amide bonds. The molecule has 1 aromatic rings. The van der Waals surface area contributed by atoms with E-state index in [1.54, 1.807) is 7.05 Å². The van der Waals surface area contributed by atoms with Gasteiger partial charge in [0.05, 0.1) is 4.92 Å². The molecule has 18 heavy (non-hydrogen) atoms. The number of fused-ring (bicyclic) bond motifs is 1. The lowest BCUT2D eigenvalue weighted by atomic mass is 10.0. The largest absolute Gasteiger partial charge is 0.435 e. The highest BCUT2D eigenvalue weighted by molar-refractivity contribution is 7.99. The zero-order valence-electron chi connectivity index (χ0n) is 10.4. The lowest BCUT2D eigenvalue weighted by molar-refractivity contribution is -0.431. The van der Waals surface area contributed by atoms with E-state index < -0.39 is 0 Å². The summed E-state index contributed by atoms with van der Waals surface area (Å²) in [4.78, 5) is 10.8.